The number of nitrogens with zero attached hydrogens (tertiary/aromatic N) is 3. The zero-order chi connectivity index (χ0) is 20.5. The number of nitro benzene ring substituents is 1. The molecule has 2 heterocycles. The van der Waals surface area contributed by atoms with E-state index in [4.69, 9.17) is 4.74 Å². The van der Waals surface area contributed by atoms with Gasteiger partial charge in [-0.2, -0.15) is 5.10 Å². The fourth-order valence-corrected chi connectivity index (χ4v) is 3.31. The van der Waals surface area contributed by atoms with Gasteiger partial charge in [0.05, 0.1) is 23.0 Å². The van der Waals surface area contributed by atoms with Crippen LogP contribution in [0.1, 0.15) is 0 Å². The van der Waals surface area contributed by atoms with Crippen LogP contribution in [0, 0.1) is 10.1 Å². The fourth-order valence-electron chi connectivity index (χ4n) is 3.31. The first-order valence-corrected chi connectivity index (χ1v) is 9.32. The summed E-state index contributed by atoms with van der Waals surface area (Å²) in [5.41, 5.74) is 4.52. The molecule has 0 atom stereocenters. The smallest absolute Gasteiger partial charge is 0.269 e. The van der Waals surface area contributed by atoms with Crippen molar-refractivity contribution in [2.45, 2.75) is 0 Å². The van der Waals surface area contributed by atoms with Crippen LogP contribution >= 0.6 is 0 Å². The van der Waals surface area contributed by atoms with Crippen LogP contribution < -0.4 is 4.74 Å². The molecule has 30 heavy (non-hydrogen) atoms. The lowest BCUT2D eigenvalue weighted by molar-refractivity contribution is -0.384. The van der Waals surface area contributed by atoms with Gasteiger partial charge in [-0.05, 0) is 59.7 Å². The van der Waals surface area contributed by atoms with E-state index in [1.165, 1.54) is 12.1 Å². The van der Waals surface area contributed by atoms with Crippen LogP contribution in [0.3, 0.4) is 0 Å². The first-order valence-electron chi connectivity index (χ1n) is 9.32. The molecule has 1 N–H and O–H groups in total. The molecule has 3 aromatic carbocycles. The second kappa shape index (κ2) is 7.21. The van der Waals surface area contributed by atoms with E-state index in [-0.39, 0.29) is 5.69 Å². The number of imidazole rings is 1. The average Bonchev–Trinajstić information content (AvgIpc) is 3.36. The van der Waals surface area contributed by atoms with Crippen molar-refractivity contribution in [3.63, 3.8) is 0 Å². The highest BCUT2D eigenvalue weighted by molar-refractivity contribution is 5.79. The summed E-state index contributed by atoms with van der Waals surface area (Å²) in [6.45, 7) is 0. The second-order valence-corrected chi connectivity index (χ2v) is 6.76. The Hall–Kier alpha value is -4.39. The number of benzene rings is 3. The van der Waals surface area contributed by atoms with Crippen LogP contribution in [0.15, 0.2) is 91.3 Å². The molecule has 146 valence electrons. The summed E-state index contributed by atoms with van der Waals surface area (Å²) >= 11 is 0. The number of hydrogen-bond donors (Lipinski definition) is 1. The van der Waals surface area contributed by atoms with Crippen molar-refractivity contribution in [2.75, 3.05) is 0 Å². The summed E-state index contributed by atoms with van der Waals surface area (Å²) < 4.78 is 7.61. The van der Waals surface area contributed by atoms with Gasteiger partial charge in [0, 0.05) is 17.7 Å². The second-order valence-electron chi connectivity index (χ2n) is 6.76. The van der Waals surface area contributed by atoms with Gasteiger partial charge in [-0.25, -0.2) is 4.52 Å². The van der Waals surface area contributed by atoms with Gasteiger partial charge in [-0.1, -0.05) is 18.2 Å². The van der Waals surface area contributed by atoms with E-state index in [0.29, 0.717) is 0 Å². The quantitative estimate of drug-likeness (QED) is 0.305. The Bertz CT molecular complexity index is 1320. The molecular weight excluding hydrogens is 380 g/mol. The summed E-state index contributed by atoms with van der Waals surface area (Å²) in [6.07, 6.45) is 3.66. The molecule has 2 aromatic heterocycles. The number of nitro groups is 1. The highest BCUT2D eigenvalue weighted by atomic mass is 16.6. The van der Waals surface area contributed by atoms with Gasteiger partial charge in [-0.3, -0.25) is 10.1 Å². The van der Waals surface area contributed by atoms with E-state index in [2.05, 4.69) is 10.1 Å². The number of aromatic amines is 1. The van der Waals surface area contributed by atoms with Crippen molar-refractivity contribution >= 4 is 11.3 Å². The molecule has 0 saturated heterocycles. The normalized spacial score (nSPS) is 10.9. The number of nitrogens with one attached hydrogen (secondary N) is 1. The molecule has 0 aliphatic carbocycles. The van der Waals surface area contributed by atoms with E-state index in [9.17, 15) is 10.1 Å². The molecule has 7 heteroatoms. The van der Waals surface area contributed by atoms with Crippen molar-refractivity contribution in [1.82, 2.24) is 14.6 Å². The van der Waals surface area contributed by atoms with Crippen LogP contribution in [-0.4, -0.2) is 19.5 Å². The zero-order valence-electron chi connectivity index (χ0n) is 15.7. The summed E-state index contributed by atoms with van der Waals surface area (Å²) in [4.78, 5) is 13.9. The lowest BCUT2D eigenvalue weighted by Gasteiger charge is -2.06. The highest BCUT2D eigenvalue weighted by Crippen LogP contribution is 2.29. The molecule has 0 aliphatic heterocycles. The van der Waals surface area contributed by atoms with Crippen LogP contribution in [0.5, 0.6) is 11.5 Å². The molecule has 0 aliphatic rings. The minimum absolute atomic E-state index is 0.0622. The maximum atomic E-state index is 10.9. The number of para-hydroxylation sites is 1. The van der Waals surface area contributed by atoms with Crippen molar-refractivity contribution in [3.05, 3.63) is 101 Å². The first-order chi connectivity index (χ1) is 14.7. The SMILES string of the molecule is O=[N+]([O-])c1ccc(-c2cnn3cc(-c4ccc(Oc5ccccc5)cc4)[nH]c23)cc1. The van der Waals surface area contributed by atoms with Crippen molar-refractivity contribution in [1.29, 1.82) is 0 Å². The number of ether oxygens (including phenoxy) is 1. The molecule has 0 unspecified atom stereocenters. The number of fused-ring (bicyclic) bond motifs is 1. The molecule has 5 aromatic rings. The Morgan fingerprint density at radius 2 is 1.53 bits per heavy atom. The van der Waals surface area contributed by atoms with E-state index in [0.717, 1.165) is 39.5 Å². The minimum Gasteiger partial charge on any atom is -0.457 e. The van der Waals surface area contributed by atoms with E-state index < -0.39 is 4.92 Å². The lowest BCUT2D eigenvalue weighted by Crippen LogP contribution is -1.87. The Morgan fingerprint density at radius 3 is 2.23 bits per heavy atom. The van der Waals surface area contributed by atoms with Crippen molar-refractivity contribution < 1.29 is 9.66 Å². The molecule has 0 radical (unpaired) electrons. The Kier molecular flexibility index (Phi) is 4.25. The number of H-pyrrole nitrogens is 1. The summed E-state index contributed by atoms with van der Waals surface area (Å²) in [7, 11) is 0. The standard InChI is InChI=1S/C23H16N4O3/c28-27(29)18-10-6-16(7-11-18)21-14-24-26-15-22(25-23(21)26)17-8-12-20(13-9-17)30-19-4-2-1-3-5-19/h1-15,25H. The van der Waals surface area contributed by atoms with Crippen LogP contribution in [-0.2, 0) is 0 Å². The largest absolute Gasteiger partial charge is 0.457 e. The summed E-state index contributed by atoms with van der Waals surface area (Å²) in [5, 5.41) is 15.3. The molecule has 0 fully saturated rings. The minimum atomic E-state index is -0.407. The van der Waals surface area contributed by atoms with Gasteiger partial charge in [0.15, 0.2) is 0 Å². The molecule has 7 nitrogen and oxygen atoms in total. The number of rotatable bonds is 5. The number of hydrogen-bond acceptors (Lipinski definition) is 4. The molecule has 0 amide bonds. The topological polar surface area (TPSA) is 85.5 Å². The van der Waals surface area contributed by atoms with Gasteiger partial charge in [0.1, 0.15) is 17.1 Å². The maximum Gasteiger partial charge on any atom is 0.269 e. The predicted molar refractivity (Wildman–Crippen MR) is 114 cm³/mol. The Morgan fingerprint density at radius 1 is 0.867 bits per heavy atom. The first kappa shape index (κ1) is 17.7. The van der Waals surface area contributed by atoms with Gasteiger partial charge < -0.3 is 9.72 Å². The molecular formula is C23H16N4O3. The molecule has 5 rings (SSSR count). The third-order valence-corrected chi connectivity index (χ3v) is 4.83. The fraction of sp³-hybridized carbons (Fsp3) is 0. The van der Waals surface area contributed by atoms with Crippen LogP contribution in [0.2, 0.25) is 0 Å². The number of non-ortho nitro benzene ring substituents is 1. The van der Waals surface area contributed by atoms with Gasteiger partial charge in [0.25, 0.3) is 5.69 Å². The molecule has 0 saturated carbocycles. The van der Waals surface area contributed by atoms with Crippen LogP contribution in [0.25, 0.3) is 28.0 Å². The average molecular weight is 396 g/mol. The zero-order valence-corrected chi connectivity index (χ0v) is 15.7. The molecule has 0 bridgehead atoms. The monoisotopic (exact) mass is 396 g/mol. The van der Waals surface area contributed by atoms with E-state index in [1.54, 1.807) is 22.8 Å². The Labute approximate surface area is 171 Å². The van der Waals surface area contributed by atoms with Crippen molar-refractivity contribution in [3.8, 4) is 33.9 Å². The number of aromatic nitrogens is 3. The lowest BCUT2D eigenvalue weighted by atomic mass is 10.1. The van der Waals surface area contributed by atoms with Gasteiger partial charge in [0.2, 0.25) is 0 Å². The van der Waals surface area contributed by atoms with E-state index >= 15 is 0 Å². The highest BCUT2D eigenvalue weighted by Gasteiger charge is 2.13. The third kappa shape index (κ3) is 3.29. The summed E-state index contributed by atoms with van der Waals surface area (Å²) in [5.74, 6) is 1.55. The Balaban J connectivity index is 1.42. The third-order valence-electron chi connectivity index (χ3n) is 4.83. The van der Waals surface area contributed by atoms with E-state index in [1.807, 2.05) is 60.8 Å². The van der Waals surface area contributed by atoms with Crippen LogP contribution in [0.4, 0.5) is 5.69 Å². The maximum absolute atomic E-state index is 10.9. The summed E-state index contributed by atoms with van der Waals surface area (Å²) in [6, 6.07) is 23.9. The van der Waals surface area contributed by atoms with Gasteiger partial charge in [-0.15, -0.1) is 0 Å². The predicted octanol–water partition coefficient (Wildman–Crippen LogP) is 5.70. The molecule has 0 spiro atoms. The van der Waals surface area contributed by atoms with Crippen molar-refractivity contribution in [2.24, 2.45) is 0 Å². The van der Waals surface area contributed by atoms with Gasteiger partial charge >= 0.3 is 0 Å².